The zero-order valence-corrected chi connectivity index (χ0v) is 12.8. The zero-order chi connectivity index (χ0) is 12.4. The second-order valence-corrected chi connectivity index (χ2v) is 6.35. The van der Waals surface area contributed by atoms with Crippen molar-refractivity contribution in [2.24, 2.45) is 0 Å². The number of amides is 1. The Bertz CT molecular complexity index is 405. The molecule has 1 amide bonds. The van der Waals surface area contributed by atoms with Crippen LogP contribution in [0.25, 0.3) is 0 Å². The maximum absolute atomic E-state index is 12.2. The molecule has 0 aliphatic heterocycles. The number of carbonyl (C=O) groups excluding carboxylic acids is 1. The van der Waals surface area contributed by atoms with Crippen LogP contribution in [0, 0.1) is 0 Å². The second-order valence-electron chi connectivity index (χ2n) is 4.39. The third-order valence-corrected chi connectivity index (χ3v) is 4.74. The lowest BCUT2D eigenvalue weighted by Crippen LogP contribution is -2.43. The van der Waals surface area contributed by atoms with E-state index in [0.717, 1.165) is 12.8 Å². The molecule has 1 fully saturated rings. The fraction of sp³-hybridized carbons (Fsp3) is 0.583. The summed E-state index contributed by atoms with van der Waals surface area (Å²) in [7, 11) is 1.85. The smallest absolute Gasteiger partial charge is 0.289 e. The lowest BCUT2D eigenvalue weighted by Gasteiger charge is -2.34. The van der Waals surface area contributed by atoms with Crippen molar-refractivity contribution < 1.29 is 9.21 Å². The molecule has 3 nitrogen and oxygen atoms in total. The number of carbonyl (C=O) groups is 1. The summed E-state index contributed by atoms with van der Waals surface area (Å²) in [5.41, 5.74) is 0. The molecule has 0 aromatic carbocycles. The van der Waals surface area contributed by atoms with E-state index in [0.29, 0.717) is 15.3 Å². The maximum Gasteiger partial charge on any atom is 0.289 e. The predicted molar refractivity (Wildman–Crippen MR) is 73.5 cm³/mol. The van der Waals surface area contributed by atoms with Crippen molar-refractivity contribution in [3.8, 4) is 0 Å². The third-order valence-electron chi connectivity index (χ3n) is 3.25. The van der Waals surface area contributed by atoms with Gasteiger partial charge in [0.05, 0.1) is 0 Å². The van der Waals surface area contributed by atoms with Crippen LogP contribution in [0.2, 0.25) is 0 Å². The molecular formula is C12H15Br2NO2. The van der Waals surface area contributed by atoms with Gasteiger partial charge in [0.1, 0.15) is 0 Å². The first-order valence-electron chi connectivity index (χ1n) is 5.76. The fourth-order valence-electron chi connectivity index (χ4n) is 2.26. The van der Waals surface area contributed by atoms with Crippen LogP contribution < -0.4 is 0 Å². The SMILES string of the molecule is CN(C(=O)c1ccc(Br)o1)C1CCCCC1Br. The minimum atomic E-state index is -0.0490. The fourth-order valence-corrected chi connectivity index (χ4v) is 3.51. The predicted octanol–water partition coefficient (Wildman–Crippen LogP) is 3.82. The molecule has 0 N–H and O–H groups in total. The highest BCUT2D eigenvalue weighted by Gasteiger charge is 2.30. The average Bonchev–Trinajstić information content (AvgIpc) is 2.75. The van der Waals surface area contributed by atoms with Gasteiger partial charge in [0.2, 0.25) is 0 Å². The molecule has 17 heavy (non-hydrogen) atoms. The van der Waals surface area contributed by atoms with Gasteiger partial charge in [-0.2, -0.15) is 0 Å². The van der Waals surface area contributed by atoms with E-state index >= 15 is 0 Å². The first-order chi connectivity index (χ1) is 8.09. The molecule has 0 bridgehead atoms. The van der Waals surface area contributed by atoms with Gasteiger partial charge in [-0.1, -0.05) is 28.8 Å². The van der Waals surface area contributed by atoms with Gasteiger partial charge >= 0.3 is 0 Å². The molecule has 2 unspecified atom stereocenters. The van der Waals surface area contributed by atoms with Crippen LogP contribution >= 0.6 is 31.9 Å². The number of halogens is 2. The molecule has 0 radical (unpaired) electrons. The summed E-state index contributed by atoms with van der Waals surface area (Å²) in [4.78, 5) is 14.4. The van der Waals surface area contributed by atoms with Crippen molar-refractivity contribution >= 4 is 37.8 Å². The highest BCUT2D eigenvalue weighted by Crippen LogP contribution is 2.29. The van der Waals surface area contributed by atoms with Crippen LogP contribution in [0.1, 0.15) is 36.2 Å². The van der Waals surface area contributed by atoms with E-state index in [1.165, 1.54) is 12.8 Å². The molecule has 2 atom stereocenters. The van der Waals surface area contributed by atoms with Gasteiger partial charge in [-0.25, -0.2) is 0 Å². The third kappa shape index (κ3) is 2.94. The van der Waals surface area contributed by atoms with Crippen LogP contribution in [0.4, 0.5) is 0 Å². The average molecular weight is 365 g/mol. The minimum Gasteiger partial charge on any atom is -0.444 e. The number of hydrogen-bond donors (Lipinski definition) is 0. The molecule has 0 saturated heterocycles. The number of rotatable bonds is 2. The quantitative estimate of drug-likeness (QED) is 0.747. The summed E-state index contributed by atoms with van der Waals surface area (Å²) >= 11 is 6.88. The summed E-state index contributed by atoms with van der Waals surface area (Å²) in [6.45, 7) is 0. The van der Waals surface area contributed by atoms with Crippen molar-refractivity contribution in [2.75, 3.05) is 7.05 Å². The Kier molecular flexibility index (Phi) is 4.31. The summed E-state index contributed by atoms with van der Waals surface area (Å²) in [5, 5.41) is 0. The number of nitrogens with zero attached hydrogens (tertiary/aromatic N) is 1. The summed E-state index contributed by atoms with van der Waals surface area (Å²) < 4.78 is 5.89. The highest BCUT2D eigenvalue weighted by atomic mass is 79.9. The van der Waals surface area contributed by atoms with E-state index in [1.54, 1.807) is 17.0 Å². The highest BCUT2D eigenvalue weighted by molar-refractivity contribution is 9.10. The Labute approximate surface area is 118 Å². The second kappa shape index (κ2) is 5.57. The van der Waals surface area contributed by atoms with Crippen molar-refractivity contribution in [2.45, 2.75) is 36.6 Å². The normalized spacial score (nSPS) is 24.6. The lowest BCUT2D eigenvalue weighted by molar-refractivity contribution is 0.0671. The summed E-state index contributed by atoms with van der Waals surface area (Å²) in [6, 6.07) is 3.71. The summed E-state index contributed by atoms with van der Waals surface area (Å²) in [5.74, 6) is 0.344. The van der Waals surface area contributed by atoms with Crippen molar-refractivity contribution in [1.29, 1.82) is 0 Å². The Morgan fingerprint density at radius 1 is 1.41 bits per heavy atom. The van der Waals surface area contributed by atoms with Crippen LogP contribution in [-0.2, 0) is 0 Å². The largest absolute Gasteiger partial charge is 0.444 e. The van der Waals surface area contributed by atoms with Crippen LogP contribution in [0.5, 0.6) is 0 Å². The van der Waals surface area contributed by atoms with Gasteiger partial charge in [-0.15, -0.1) is 0 Å². The minimum absolute atomic E-state index is 0.0490. The van der Waals surface area contributed by atoms with Crippen molar-refractivity contribution in [3.63, 3.8) is 0 Å². The lowest BCUT2D eigenvalue weighted by atomic mass is 9.94. The van der Waals surface area contributed by atoms with Gasteiger partial charge in [0, 0.05) is 17.9 Å². The standard InChI is InChI=1S/C12H15Br2NO2/c1-15(9-5-3-2-4-8(9)13)12(16)10-6-7-11(14)17-10/h6-9H,2-5H2,1H3. The van der Waals surface area contributed by atoms with Crippen LogP contribution in [0.3, 0.4) is 0 Å². The Morgan fingerprint density at radius 3 is 2.71 bits per heavy atom. The van der Waals surface area contributed by atoms with E-state index < -0.39 is 0 Å². The van der Waals surface area contributed by atoms with Gasteiger partial charge in [0.15, 0.2) is 10.4 Å². The van der Waals surface area contributed by atoms with Gasteiger partial charge < -0.3 is 9.32 Å². The van der Waals surface area contributed by atoms with E-state index in [-0.39, 0.29) is 11.9 Å². The first-order valence-corrected chi connectivity index (χ1v) is 7.47. The van der Waals surface area contributed by atoms with E-state index in [4.69, 9.17) is 4.42 Å². The van der Waals surface area contributed by atoms with Gasteiger partial charge in [-0.3, -0.25) is 4.79 Å². The maximum atomic E-state index is 12.2. The Morgan fingerprint density at radius 2 is 2.12 bits per heavy atom. The molecule has 1 aliphatic rings. The molecule has 5 heteroatoms. The molecule has 1 aromatic heterocycles. The van der Waals surface area contributed by atoms with E-state index in [9.17, 15) is 4.79 Å². The van der Waals surface area contributed by atoms with Crippen LogP contribution in [-0.4, -0.2) is 28.7 Å². The first kappa shape index (κ1) is 13.1. The molecule has 1 aliphatic carbocycles. The number of hydrogen-bond acceptors (Lipinski definition) is 2. The molecule has 1 aromatic rings. The Hall–Kier alpha value is -0.290. The molecule has 0 spiro atoms. The molecule has 2 rings (SSSR count). The zero-order valence-electron chi connectivity index (χ0n) is 9.66. The van der Waals surface area contributed by atoms with Crippen LogP contribution in [0.15, 0.2) is 21.2 Å². The van der Waals surface area contributed by atoms with E-state index in [2.05, 4.69) is 31.9 Å². The topological polar surface area (TPSA) is 33.5 Å². The number of furan rings is 1. The molecular weight excluding hydrogens is 350 g/mol. The van der Waals surface area contributed by atoms with Gasteiger partial charge in [-0.05, 0) is 40.9 Å². The Balaban J connectivity index is 2.08. The van der Waals surface area contributed by atoms with E-state index in [1.807, 2.05) is 7.05 Å². The summed E-state index contributed by atoms with van der Waals surface area (Å²) in [6.07, 6.45) is 4.61. The monoisotopic (exact) mass is 363 g/mol. The van der Waals surface area contributed by atoms with Gasteiger partial charge in [0.25, 0.3) is 5.91 Å². The van der Waals surface area contributed by atoms with Crippen molar-refractivity contribution in [1.82, 2.24) is 4.90 Å². The molecule has 1 saturated carbocycles. The van der Waals surface area contributed by atoms with Crippen molar-refractivity contribution in [3.05, 3.63) is 22.6 Å². The molecule has 94 valence electrons. The molecule has 1 heterocycles. The number of alkyl halides is 1.